The minimum atomic E-state index is -0.226. The second-order valence-corrected chi connectivity index (χ2v) is 4.68. The molecule has 0 saturated carbocycles. The lowest BCUT2D eigenvalue weighted by Crippen LogP contribution is -2.03. The predicted molar refractivity (Wildman–Crippen MR) is 65.8 cm³/mol. The van der Waals surface area contributed by atoms with Crippen molar-refractivity contribution in [3.05, 3.63) is 35.0 Å². The van der Waals surface area contributed by atoms with E-state index < -0.39 is 0 Å². The summed E-state index contributed by atoms with van der Waals surface area (Å²) in [6.07, 6.45) is 3.72. The van der Waals surface area contributed by atoms with Crippen LogP contribution < -0.4 is 0 Å². The number of esters is 1. The molecule has 0 bridgehead atoms. The molecular formula is C12H12N2O2S. The Labute approximate surface area is 103 Å². The number of nitrogens with zero attached hydrogens (tertiary/aromatic N) is 2. The molecule has 0 aliphatic rings. The van der Waals surface area contributed by atoms with Crippen molar-refractivity contribution in [1.82, 2.24) is 9.97 Å². The van der Waals surface area contributed by atoms with Gasteiger partial charge in [0.1, 0.15) is 0 Å². The van der Waals surface area contributed by atoms with E-state index in [-0.39, 0.29) is 5.97 Å². The summed E-state index contributed by atoms with van der Waals surface area (Å²) in [6.45, 7) is 1.97. The fourth-order valence-electron chi connectivity index (χ4n) is 1.44. The molecule has 88 valence electrons. The monoisotopic (exact) mass is 248 g/mol. The zero-order valence-corrected chi connectivity index (χ0v) is 10.5. The number of methoxy groups -OCH3 is 1. The van der Waals surface area contributed by atoms with Crippen molar-refractivity contribution in [2.75, 3.05) is 7.11 Å². The van der Waals surface area contributed by atoms with Gasteiger partial charge in [-0.05, 0) is 24.6 Å². The zero-order chi connectivity index (χ0) is 12.3. The lowest BCUT2D eigenvalue weighted by Gasteiger charge is -1.97. The van der Waals surface area contributed by atoms with Crippen LogP contribution in [0, 0.1) is 6.92 Å². The molecule has 0 atom stereocenters. The first-order valence-corrected chi connectivity index (χ1v) is 5.96. The number of carbonyl (C=O) groups is 1. The SMILES string of the molecule is COC(=O)Cc1sc(-c2ncccn2)cc1C. The Morgan fingerprint density at radius 3 is 2.76 bits per heavy atom. The molecule has 0 aromatic carbocycles. The van der Waals surface area contributed by atoms with Gasteiger partial charge in [-0.15, -0.1) is 11.3 Å². The standard InChI is InChI=1S/C12H12N2O2S/c1-8-6-10(12-13-4-3-5-14-12)17-9(8)7-11(15)16-2/h3-6H,7H2,1-2H3. The maximum Gasteiger partial charge on any atom is 0.310 e. The molecule has 0 aliphatic heterocycles. The summed E-state index contributed by atoms with van der Waals surface area (Å²) < 4.78 is 4.66. The third kappa shape index (κ3) is 2.68. The first-order valence-electron chi connectivity index (χ1n) is 5.14. The second-order valence-electron chi connectivity index (χ2n) is 3.54. The van der Waals surface area contributed by atoms with Gasteiger partial charge in [0.25, 0.3) is 0 Å². The Morgan fingerprint density at radius 2 is 2.12 bits per heavy atom. The van der Waals surface area contributed by atoms with Gasteiger partial charge >= 0.3 is 5.97 Å². The lowest BCUT2D eigenvalue weighted by atomic mass is 10.2. The van der Waals surface area contributed by atoms with Gasteiger partial charge in [-0.2, -0.15) is 0 Å². The molecule has 0 amide bonds. The minimum Gasteiger partial charge on any atom is -0.469 e. The highest BCUT2D eigenvalue weighted by atomic mass is 32.1. The van der Waals surface area contributed by atoms with Gasteiger partial charge in [-0.25, -0.2) is 9.97 Å². The molecule has 0 spiro atoms. The van der Waals surface area contributed by atoms with Gasteiger partial charge in [-0.3, -0.25) is 4.79 Å². The Bertz CT molecular complexity index is 523. The maximum absolute atomic E-state index is 11.2. The number of aryl methyl sites for hydroxylation is 1. The average molecular weight is 248 g/mol. The van der Waals surface area contributed by atoms with E-state index in [0.717, 1.165) is 15.3 Å². The van der Waals surface area contributed by atoms with Crippen LogP contribution in [0.15, 0.2) is 24.5 Å². The third-order valence-electron chi connectivity index (χ3n) is 2.34. The van der Waals surface area contributed by atoms with Crippen molar-refractivity contribution in [2.45, 2.75) is 13.3 Å². The molecule has 2 aromatic rings. The number of ether oxygens (including phenoxy) is 1. The van der Waals surface area contributed by atoms with Gasteiger partial charge in [0.05, 0.1) is 18.4 Å². The molecule has 0 saturated heterocycles. The summed E-state index contributed by atoms with van der Waals surface area (Å²) in [5, 5.41) is 0. The minimum absolute atomic E-state index is 0.226. The Morgan fingerprint density at radius 1 is 1.41 bits per heavy atom. The highest BCUT2D eigenvalue weighted by Gasteiger charge is 2.12. The van der Waals surface area contributed by atoms with E-state index in [1.165, 1.54) is 18.4 Å². The van der Waals surface area contributed by atoms with Gasteiger partial charge in [0, 0.05) is 17.3 Å². The van der Waals surface area contributed by atoms with Crippen molar-refractivity contribution >= 4 is 17.3 Å². The molecule has 2 heterocycles. The summed E-state index contributed by atoms with van der Waals surface area (Å²) >= 11 is 1.53. The molecule has 4 nitrogen and oxygen atoms in total. The van der Waals surface area contributed by atoms with Crippen molar-refractivity contribution < 1.29 is 9.53 Å². The summed E-state index contributed by atoms with van der Waals surface area (Å²) in [7, 11) is 1.40. The number of carbonyl (C=O) groups excluding carboxylic acids is 1. The maximum atomic E-state index is 11.2. The molecule has 0 N–H and O–H groups in total. The largest absolute Gasteiger partial charge is 0.469 e. The van der Waals surface area contributed by atoms with Crippen LogP contribution in [0.2, 0.25) is 0 Å². The second kappa shape index (κ2) is 5.05. The highest BCUT2D eigenvalue weighted by Crippen LogP contribution is 2.29. The van der Waals surface area contributed by atoms with E-state index in [4.69, 9.17) is 0 Å². The number of rotatable bonds is 3. The number of hydrogen-bond acceptors (Lipinski definition) is 5. The molecule has 0 radical (unpaired) electrons. The van der Waals surface area contributed by atoms with E-state index in [2.05, 4.69) is 14.7 Å². The molecule has 0 aliphatic carbocycles. The smallest absolute Gasteiger partial charge is 0.310 e. The summed E-state index contributed by atoms with van der Waals surface area (Å²) in [5.41, 5.74) is 1.07. The van der Waals surface area contributed by atoms with Crippen LogP contribution in [0.25, 0.3) is 10.7 Å². The molecule has 2 rings (SSSR count). The number of hydrogen-bond donors (Lipinski definition) is 0. The number of aromatic nitrogens is 2. The predicted octanol–water partition coefficient (Wildman–Crippen LogP) is 2.23. The van der Waals surface area contributed by atoms with E-state index in [1.54, 1.807) is 18.5 Å². The lowest BCUT2D eigenvalue weighted by molar-refractivity contribution is -0.139. The van der Waals surface area contributed by atoms with Crippen molar-refractivity contribution in [1.29, 1.82) is 0 Å². The topological polar surface area (TPSA) is 52.1 Å². The Balaban J connectivity index is 2.28. The van der Waals surface area contributed by atoms with Gasteiger partial charge in [0.2, 0.25) is 0 Å². The molecule has 2 aromatic heterocycles. The van der Waals surface area contributed by atoms with Crippen LogP contribution in [0.3, 0.4) is 0 Å². The van der Waals surface area contributed by atoms with E-state index in [9.17, 15) is 4.79 Å². The summed E-state index contributed by atoms with van der Waals surface area (Å²) in [4.78, 5) is 21.6. The fraction of sp³-hybridized carbons (Fsp3) is 0.250. The van der Waals surface area contributed by atoms with Crippen LogP contribution in [0.5, 0.6) is 0 Å². The molecule has 17 heavy (non-hydrogen) atoms. The van der Waals surface area contributed by atoms with Gasteiger partial charge in [0.15, 0.2) is 5.82 Å². The van der Waals surface area contributed by atoms with Crippen LogP contribution in [-0.2, 0) is 16.0 Å². The van der Waals surface area contributed by atoms with E-state index >= 15 is 0 Å². The van der Waals surface area contributed by atoms with Gasteiger partial charge < -0.3 is 4.74 Å². The van der Waals surface area contributed by atoms with Crippen molar-refractivity contribution in [3.8, 4) is 10.7 Å². The van der Waals surface area contributed by atoms with Crippen LogP contribution in [-0.4, -0.2) is 23.0 Å². The van der Waals surface area contributed by atoms with Crippen molar-refractivity contribution in [3.63, 3.8) is 0 Å². The molecule has 5 heteroatoms. The highest BCUT2D eigenvalue weighted by molar-refractivity contribution is 7.15. The molecule has 0 fully saturated rings. The Kier molecular flexibility index (Phi) is 3.49. The third-order valence-corrected chi connectivity index (χ3v) is 3.57. The fourth-order valence-corrected chi connectivity index (χ4v) is 2.54. The quantitative estimate of drug-likeness (QED) is 0.782. The summed E-state index contributed by atoms with van der Waals surface area (Å²) in [6, 6.07) is 3.78. The number of thiophene rings is 1. The zero-order valence-electron chi connectivity index (χ0n) is 9.64. The van der Waals surface area contributed by atoms with Crippen molar-refractivity contribution in [2.24, 2.45) is 0 Å². The normalized spacial score (nSPS) is 10.2. The van der Waals surface area contributed by atoms with Crippen LogP contribution >= 0.6 is 11.3 Å². The van der Waals surface area contributed by atoms with Gasteiger partial charge in [-0.1, -0.05) is 0 Å². The first-order chi connectivity index (χ1) is 8.20. The van der Waals surface area contributed by atoms with E-state index in [1.807, 2.05) is 13.0 Å². The summed E-state index contributed by atoms with van der Waals surface area (Å²) in [5.74, 6) is 0.465. The molecule has 0 unspecified atom stereocenters. The average Bonchev–Trinajstić information content (AvgIpc) is 2.72. The van der Waals surface area contributed by atoms with E-state index in [0.29, 0.717) is 12.2 Å². The first kappa shape index (κ1) is 11.7. The van der Waals surface area contributed by atoms with Crippen LogP contribution in [0.4, 0.5) is 0 Å². The molecular weight excluding hydrogens is 236 g/mol. The van der Waals surface area contributed by atoms with Crippen LogP contribution in [0.1, 0.15) is 10.4 Å². The Hall–Kier alpha value is -1.75.